The topological polar surface area (TPSA) is 50.9 Å². The maximum absolute atomic E-state index is 12.4. The highest BCUT2D eigenvalue weighted by molar-refractivity contribution is 5.36. The fourth-order valence-corrected chi connectivity index (χ4v) is 1.89. The van der Waals surface area contributed by atoms with Gasteiger partial charge in [0.2, 0.25) is 0 Å². The number of benzene rings is 1. The molecule has 6 heteroatoms. The minimum Gasteiger partial charge on any atom is -0.370 e. The van der Waals surface area contributed by atoms with Gasteiger partial charge in [0.05, 0.1) is 5.56 Å². The average molecular weight is 295 g/mol. The van der Waals surface area contributed by atoms with Crippen LogP contribution in [0.1, 0.15) is 23.6 Å². The first kappa shape index (κ1) is 15.3. The molecule has 0 radical (unpaired) electrons. The molecule has 3 N–H and O–H groups in total. The van der Waals surface area contributed by atoms with Gasteiger partial charge in [-0.15, -0.1) is 0 Å². The molecule has 3 nitrogen and oxygen atoms in total. The Labute approximate surface area is 121 Å². The van der Waals surface area contributed by atoms with Gasteiger partial charge < -0.3 is 11.1 Å². The van der Waals surface area contributed by atoms with Gasteiger partial charge >= 0.3 is 6.18 Å². The summed E-state index contributed by atoms with van der Waals surface area (Å²) in [5.74, 6) is 0.406. The van der Waals surface area contributed by atoms with E-state index in [0.29, 0.717) is 18.8 Å². The van der Waals surface area contributed by atoms with Gasteiger partial charge in [-0.25, -0.2) is 4.98 Å². The minimum absolute atomic E-state index is 0.117. The van der Waals surface area contributed by atoms with Crippen LogP contribution in [-0.4, -0.2) is 11.5 Å². The van der Waals surface area contributed by atoms with E-state index in [1.165, 1.54) is 6.07 Å². The van der Waals surface area contributed by atoms with Gasteiger partial charge in [0.15, 0.2) is 0 Å². The van der Waals surface area contributed by atoms with E-state index in [1.807, 2.05) is 30.3 Å². The standard InChI is InChI=1S/C15H16F3N3/c16-15(17,18)12-6-7-14(21-10-12)20-9-8-13(19)11-4-2-1-3-5-11/h1-7,10,13H,8-9,19H2,(H,20,21). The predicted molar refractivity (Wildman–Crippen MR) is 75.7 cm³/mol. The number of pyridine rings is 1. The van der Waals surface area contributed by atoms with E-state index in [2.05, 4.69) is 10.3 Å². The quantitative estimate of drug-likeness (QED) is 0.886. The predicted octanol–water partition coefficient (Wildman–Crippen LogP) is 3.60. The Kier molecular flexibility index (Phi) is 4.80. The zero-order valence-corrected chi connectivity index (χ0v) is 11.3. The first-order valence-electron chi connectivity index (χ1n) is 6.54. The van der Waals surface area contributed by atoms with Gasteiger partial charge in [0.25, 0.3) is 0 Å². The molecular weight excluding hydrogens is 279 g/mol. The van der Waals surface area contributed by atoms with Crippen LogP contribution >= 0.6 is 0 Å². The van der Waals surface area contributed by atoms with E-state index in [4.69, 9.17) is 5.73 Å². The van der Waals surface area contributed by atoms with Gasteiger partial charge in [-0.05, 0) is 24.1 Å². The van der Waals surface area contributed by atoms with Crippen molar-refractivity contribution in [3.05, 3.63) is 59.8 Å². The first-order chi connectivity index (χ1) is 9.97. The third-order valence-electron chi connectivity index (χ3n) is 3.08. The number of nitrogens with zero attached hydrogens (tertiary/aromatic N) is 1. The maximum Gasteiger partial charge on any atom is 0.417 e. The summed E-state index contributed by atoms with van der Waals surface area (Å²) >= 11 is 0. The molecule has 1 atom stereocenters. The fourth-order valence-electron chi connectivity index (χ4n) is 1.89. The highest BCUT2D eigenvalue weighted by Gasteiger charge is 2.30. The zero-order chi connectivity index (χ0) is 15.3. The van der Waals surface area contributed by atoms with E-state index in [1.54, 1.807) is 0 Å². The van der Waals surface area contributed by atoms with Gasteiger partial charge in [-0.3, -0.25) is 0 Å². The minimum atomic E-state index is -4.36. The number of hydrogen-bond donors (Lipinski definition) is 2. The van der Waals surface area contributed by atoms with E-state index >= 15 is 0 Å². The molecule has 2 rings (SSSR count). The second kappa shape index (κ2) is 6.58. The molecule has 0 saturated carbocycles. The number of rotatable bonds is 5. The molecule has 2 aromatic rings. The summed E-state index contributed by atoms with van der Waals surface area (Å²) in [6, 6.07) is 11.8. The van der Waals surface area contributed by atoms with Crippen molar-refractivity contribution in [3.8, 4) is 0 Å². The SMILES string of the molecule is NC(CCNc1ccc(C(F)(F)F)cn1)c1ccccc1. The summed E-state index contributed by atoms with van der Waals surface area (Å²) in [6.45, 7) is 0.536. The third-order valence-corrected chi connectivity index (χ3v) is 3.08. The number of alkyl halides is 3. The van der Waals surface area contributed by atoms with Crippen LogP contribution in [0, 0.1) is 0 Å². The summed E-state index contributed by atoms with van der Waals surface area (Å²) in [5, 5.41) is 2.97. The van der Waals surface area contributed by atoms with Crippen molar-refractivity contribution >= 4 is 5.82 Å². The van der Waals surface area contributed by atoms with Crippen molar-refractivity contribution in [2.45, 2.75) is 18.6 Å². The summed E-state index contributed by atoms with van der Waals surface area (Å²) in [4.78, 5) is 3.74. The molecular formula is C15H16F3N3. The largest absolute Gasteiger partial charge is 0.417 e. The van der Waals surface area contributed by atoms with E-state index < -0.39 is 11.7 Å². The van der Waals surface area contributed by atoms with Crippen LogP contribution in [0.15, 0.2) is 48.7 Å². The highest BCUT2D eigenvalue weighted by Crippen LogP contribution is 2.28. The Hall–Kier alpha value is -2.08. The van der Waals surface area contributed by atoms with Crippen LogP contribution in [0.5, 0.6) is 0 Å². The van der Waals surface area contributed by atoms with Crippen LogP contribution in [0.4, 0.5) is 19.0 Å². The molecule has 0 aliphatic rings. The number of anilines is 1. The Balaban J connectivity index is 1.84. The molecule has 21 heavy (non-hydrogen) atoms. The van der Waals surface area contributed by atoms with Crippen LogP contribution in [0.3, 0.4) is 0 Å². The van der Waals surface area contributed by atoms with Crippen molar-refractivity contribution in [1.82, 2.24) is 4.98 Å². The summed E-state index contributed by atoms with van der Waals surface area (Å²) in [5.41, 5.74) is 6.30. The molecule has 1 aromatic carbocycles. The molecule has 0 aliphatic heterocycles. The molecule has 1 unspecified atom stereocenters. The second-order valence-corrected chi connectivity index (χ2v) is 4.66. The molecule has 0 saturated heterocycles. The number of nitrogens with two attached hydrogens (primary N) is 1. The van der Waals surface area contributed by atoms with Crippen LogP contribution < -0.4 is 11.1 Å². The number of halogens is 3. The Morgan fingerprint density at radius 3 is 2.38 bits per heavy atom. The van der Waals surface area contributed by atoms with Gasteiger partial charge in [0.1, 0.15) is 5.82 Å². The molecule has 1 aromatic heterocycles. The molecule has 0 fully saturated rings. The van der Waals surface area contributed by atoms with E-state index in [9.17, 15) is 13.2 Å². The lowest BCUT2D eigenvalue weighted by Gasteiger charge is -2.13. The van der Waals surface area contributed by atoms with Crippen LogP contribution in [-0.2, 0) is 6.18 Å². The highest BCUT2D eigenvalue weighted by atomic mass is 19.4. The van der Waals surface area contributed by atoms with Gasteiger partial charge in [-0.2, -0.15) is 13.2 Å². The summed E-state index contributed by atoms with van der Waals surface area (Å²) in [6.07, 6.45) is -2.88. The van der Waals surface area contributed by atoms with Crippen LogP contribution in [0.2, 0.25) is 0 Å². The van der Waals surface area contributed by atoms with Crippen molar-refractivity contribution in [2.75, 3.05) is 11.9 Å². The second-order valence-electron chi connectivity index (χ2n) is 4.66. The lowest BCUT2D eigenvalue weighted by Crippen LogP contribution is -2.15. The van der Waals surface area contributed by atoms with Gasteiger partial charge in [-0.1, -0.05) is 30.3 Å². The summed E-state index contributed by atoms with van der Waals surface area (Å²) < 4.78 is 37.2. The van der Waals surface area contributed by atoms with E-state index in [-0.39, 0.29) is 6.04 Å². The van der Waals surface area contributed by atoms with Gasteiger partial charge in [0, 0.05) is 18.8 Å². The fraction of sp³-hybridized carbons (Fsp3) is 0.267. The summed E-state index contributed by atoms with van der Waals surface area (Å²) in [7, 11) is 0. The van der Waals surface area contributed by atoms with E-state index in [0.717, 1.165) is 17.8 Å². The molecule has 0 aliphatic carbocycles. The lowest BCUT2D eigenvalue weighted by molar-refractivity contribution is -0.137. The molecule has 0 bridgehead atoms. The monoisotopic (exact) mass is 295 g/mol. The van der Waals surface area contributed by atoms with Crippen LogP contribution in [0.25, 0.3) is 0 Å². The smallest absolute Gasteiger partial charge is 0.370 e. The normalized spacial score (nSPS) is 13.0. The molecule has 112 valence electrons. The van der Waals surface area contributed by atoms with Crippen molar-refractivity contribution in [3.63, 3.8) is 0 Å². The molecule has 0 spiro atoms. The Bertz CT molecular complexity index is 553. The molecule has 0 amide bonds. The van der Waals surface area contributed by atoms with Crippen molar-refractivity contribution < 1.29 is 13.2 Å². The van der Waals surface area contributed by atoms with Crippen molar-refractivity contribution in [2.24, 2.45) is 5.73 Å². The zero-order valence-electron chi connectivity index (χ0n) is 11.3. The molecule has 1 heterocycles. The maximum atomic E-state index is 12.4. The number of hydrogen-bond acceptors (Lipinski definition) is 3. The Morgan fingerprint density at radius 2 is 1.81 bits per heavy atom. The Morgan fingerprint density at radius 1 is 1.10 bits per heavy atom. The number of nitrogens with one attached hydrogen (secondary N) is 1. The lowest BCUT2D eigenvalue weighted by atomic mass is 10.1. The average Bonchev–Trinajstić information content (AvgIpc) is 2.47. The number of aromatic nitrogens is 1. The third kappa shape index (κ3) is 4.46. The van der Waals surface area contributed by atoms with Crippen molar-refractivity contribution in [1.29, 1.82) is 0 Å². The first-order valence-corrected chi connectivity index (χ1v) is 6.54.